The molecule has 1 aromatic carbocycles. The smallest absolute Gasteiger partial charge is 0.405 e. The fraction of sp³-hybridized carbons (Fsp3) is 0.286. The van der Waals surface area contributed by atoms with Crippen LogP contribution in [-0.2, 0) is 30.7 Å². The molecule has 0 unspecified atom stereocenters. The number of aryl methyl sites for hydroxylation is 1. The normalized spacial score (nSPS) is 12.2. The quantitative estimate of drug-likeness (QED) is 0.796. The molecule has 2 rings (SSSR count). The van der Waals surface area contributed by atoms with Gasteiger partial charge in [-0.2, -0.15) is 0 Å². The maximum atomic E-state index is 12.4. The Balaban J connectivity index is 2.34. The van der Waals surface area contributed by atoms with Crippen LogP contribution in [0.25, 0.3) is 0 Å². The molecule has 0 saturated heterocycles. The third kappa shape index (κ3) is 4.32. The summed E-state index contributed by atoms with van der Waals surface area (Å²) in [6, 6.07) is 4.96. The van der Waals surface area contributed by atoms with Crippen molar-refractivity contribution in [3.05, 3.63) is 56.9 Å². The second-order valence-electron chi connectivity index (χ2n) is 5.23. The van der Waals surface area contributed by atoms with Crippen molar-refractivity contribution in [2.45, 2.75) is 17.8 Å². The summed E-state index contributed by atoms with van der Waals surface area (Å²) >= 11 is 0. The van der Waals surface area contributed by atoms with Crippen molar-refractivity contribution in [1.82, 2.24) is 13.9 Å². The lowest BCUT2D eigenvalue weighted by Crippen LogP contribution is -2.41. The van der Waals surface area contributed by atoms with Gasteiger partial charge in [0.1, 0.15) is 5.75 Å². The fourth-order valence-corrected chi connectivity index (χ4v) is 3.25. The Labute approximate surface area is 145 Å². The van der Waals surface area contributed by atoms with Gasteiger partial charge >= 0.3 is 12.1 Å². The number of ether oxygens (including phenoxy) is 1. The van der Waals surface area contributed by atoms with Gasteiger partial charge < -0.3 is 9.30 Å². The maximum Gasteiger partial charge on any atom is 0.573 e. The lowest BCUT2D eigenvalue weighted by Gasteiger charge is -2.14. The van der Waals surface area contributed by atoms with Crippen molar-refractivity contribution >= 4 is 10.0 Å². The minimum absolute atomic E-state index is 0.0879. The number of hydrogen-bond acceptors (Lipinski definition) is 5. The fourth-order valence-electron chi connectivity index (χ4n) is 2.08. The van der Waals surface area contributed by atoms with Crippen molar-refractivity contribution in [1.29, 1.82) is 0 Å². The van der Waals surface area contributed by atoms with Crippen molar-refractivity contribution in [3.8, 4) is 5.75 Å². The first-order chi connectivity index (χ1) is 11.9. The summed E-state index contributed by atoms with van der Waals surface area (Å²) in [7, 11) is -2.03. The summed E-state index contributed by atoms with van der Waals surface area (Å²) in [5.74, 6) is -0.573. The molecule has 12 heteroatoms. The van der Waals surface area contributed by atoms with Gasteiger partial charge in [-0.1, -0.05) is 18.2 Å². The van der Waals surface area contributed by atoms with Gasteiger partial charge in [-0.3, -0.25) is 9.36 Å². The molecule has 0 aliphatic rings. The second kappa shape index (κ2) is 6.96. The number of nitrogens with one attached hydrogen (secondary N) is 1. The molecule has 1 heterocycles. The molecule has 0 aliphatic carbocycles. The maximum absolute atomic E-state index is 12.4. The highest BCUT2D eigenvalue weighted by Crippen LogP contribution is 2.26. The molecule has 0 amide bonds. The number of para-hydroxylation sites is 1. The summed E-state index contributed by atoms with van der Waals surface area (Å²) in [6.45, 7) is -0.555. The molecule has 26 heavy (non-hydrogen) atoms. The number of halogens is 3. The van der Waals surface area contributed by atoms with E-state index in [1.807, 2.05) is 4.72 Å². The van der Waals surface area contributed by atoms with Crippen LogP contribution < -0.4 is 20.7 Å². The topological polar surface area (TPSA) is 99.4 Å². The van der Waals surface area contributed by atoms with Crippen LogP contribution in [0, 0.1) is 0 Å². The van der Waals surface area contributed by atoms with E-state index in [1.54, 1.807) is 0 Å². The van der Waals surface area contributed by atoms with Crippen LogP contribution in [0.3, 0.4) is 0 Å². The zero-order chi connectivity index (χ0) is 19.7. The molecule has 0 saturated carbocycles. The zero-order valence-electron chi connectivity index (χ0n) is 13.6. The van der Waals surface area contributed by atoms with Crippen molar-refractivity contribution in [2.75, 3.05) is 0 Å². The summed E-state index contributed by atoms with van der Waals surface area (Å²) in [4.78, 5) is 22.9. The van der Waals surface area contributed by atoms with Gasteiger partial charge in [-0.15, -0.1) is 13.2 Å². The van der Waals surface area contributed by atoms with Crippen LogP contribution in [0.5, 0.6) is 5.75 Å². The van der Waals surface area contributed by atoms with Crippen molar-refractivity contribution < 1.29 is 26.3 Å². The third-order valence-corrected chi connectivity index (χ3v) is 4.74. The zero-order valence-corrected chi connectivity index (χ0v) is 14.4. The van der Waals surface area contributed by atoms with Crippen LogP contribution in [0.2, 0.25) is 0 Å². The van der Waals surface area contributed by atoms with E-state index in [2.05, 4.69) is 4.74 Å². The SMILES string of the molecule is Cn1cc(S(=O)(=O)NCc2ccccc2OC(F)(F)F)c(=O)n(C)c1=O. The lowest BCUT2D eigenvalue weighted by molar-refractivity contribution is -0.274. The molecule has 2 aromatic rings. The standard InChI is InChI=1S/C14H14F3N3O5S/c1-19-8-11(12(21)20(2)13(19)22)26(23,24)18-7-9-5-3-4-6-10(9)25-14(15,16)17/h3-6,8,18H,7H2,1-2H3. The molecular formula is C14H14F3N3O5S. The highest BCUT2D eigenvalue weighted by atomic mass is 32.2. The number of nitrogens with zero attached hydrogens (tertiary/aromatic N) is 2. The van der Waals surface area contributed by atoms with E-state index in [1.165, 1.54) is 25.2 Å². The van der Waals surface area contributed by atoms with Gasteiger partial charge in [0.25, 0.3) is 5.56 Å². The minimum atomic E-state index is -4.94. The van der Waals surface area contributed by atoms with E-state index in [0.717, 1.165) is 23.9 Å². The third-order valence-electron chi connectivity index (χ3n) is 3.36. The number of rotatable bonds is 5. The molecule has 0 atom stereocenters. The van der Waals surface area contributed by atoms with E-state index in [4.69, 9.17) is 0 Å². The number of alkyl halides is 3. The molecule has 0 spiro atoms. The predicted octanol–water partition coefficient (Wildman–Crippen LogP) is 0.461. The van der Waals surface area contributed by atoms with Gasteiger partial charge in [-0.25, -0.2) is 17.9 Å². The minimum Gasteiger partial charge on any atom is -0.405 e. The Morgan fingerprint density at radius 1 is 1.15 bits per heavy atom. The van der Waals surface area contributed by atoms with E-state index in [0.29, 0.717) is 4.57 Å². The van der Waals surface area contributed by atoms with E-state index in [9.17, 15) is 31.2 Å². The largest absolute Gasteiger partial charge is 0.573 e. The van der Waals surface area contributed by atoms with Crippen LogP contribution in [0.1, 0.15) is 5.56 Å². The number of sulfonamides is 1. The van der Waals surface area contributed by atoms with Gasteiger partial charge in [0.15, 0.2) is 4.90 Å². The first-order valence-electron chi connectivity index (χ1n) is 7.02. The van der Waals surface area contributed by atoms with Gasteiger partial charge in [0.2, 0.25) is 10.0 Å². The summed E-state index contributed by atoms with van der Waals surface area (Å²) in [6.07, 6.45) is -4.10. The molecule has 0 aliphatic heterocycles. The Morgan fingerprint density at radius 3 is 2.38 bits per heavy atom. The highest BCUT2D eigenvalue weighted by Gasteiger charge is 2.32. The molecule has 1 aromatic heterocycles. The summed E-state index contributed by atoms with van der Waals surface area (Å²) in [5, 5.41) is 0. The van der Waals surface area contributed by atoms with E-state index < -0.39 is 44.8 Å². The Kier molecular flexibility index (Phi) is 5.28. The Bertz CT molecular complexity index is 1040. The Hall–Kier alpha value is -2.60. The second-order valence-corrected chi connectivity index (χ2v) is 6.97. The van der Waals surface area contributed by atoms with Crippen molar-refractivity contribution in [3.63, 3.8) is 0 Å². The first-order valence-corrected chi connectivity index (χ1v) is 8.50. The van der Waals surface area contributed by atoms with Crippen LogP contribution in [-0.4, -0.2) is 23.9 Å². The molecule has 8 nitrogen and oxygen atoms in total. The molecule has 142 valence electrons. The first kappa shape index (κ1) is 19.7. The van der Waals surface area contributed by atoms with Crippen LogP contribution in [0.15, 0.2) is 44.9 Å². The van der Waals surface area contributed by atoms with Crippen LogP contribution >= 0.6 is 0 Å². The predicted molar refractivity (Wildman–Crippen MR) is 84.1 cm³/mol. The average molecular weight is 393 g/mol. The number of aromatic nitrogens is 2. The highest BCUT2D eigenvalue weighted by molar-refractivity contribution is 7.89. The van der Waals surface area contributed by atoms with Gasteiger partial charge in [-0.05, 0) is 6.07 Å². The Morgan fingerprint density at radius 2 is 1.77 bits per heavy atom. The van der Waals surface area contributed by atoms with Gasteiger partial charge in [0, 0.05) is 32.4 Å². The monoisotopic (exact) mass is 393 g/mol. The number of benzene rings is 1. The lowest BCUT2D eigenvalue weighted by atomic mass is 10.2. The average Bonchev–Trinajstić information content (AvgIpc) is 2.54. The molecular weight excluding hydrogens is 379 g/mol. The van der Waals surface area contributed by atoms with E-state index >= 15 is 0 Å². The van der Waals surface area contributed by atoms with E-state index in [-0.39, 0.29) is 5.56 Å². The summed E-state index contributed by atoms with van der Waals surface area (Å²) < 4.78 is 69.2. The van der Waals surface area contributed by atoms with Crippen molar-refractivity contribution in [2.24, 2.45) is 14.1 Å². The molecule has 0 fully saturated rings. The number of hydrogen-bond donors (Lipinski definition) is 1. The molecule has 0 bridgehead atoms. The van der Waals surface area contributed by atoms with Gasteiger partial charge in [0.05, 0.1) is 0 Å². The molecule has 1 N–H and O–H groups in total. The summed E-state index contributed by atoms with van der Waals surface area (Å²) in [5.41, 5.74) is -1.87. The van der Waals surface area contributed by atoms with Crippen LogP contribution in [0.4, 0.5) is 13.2 Å². The molecule has 0 radical (unpaired) electrons.